The van der Waals surface area contributed by atoms with E-state index in [0.717, 1.165) is 30.7 Å². The SMILES string of the molecule is CNC(=O)c1sc(NC2CCC(O)CC2)cc1N. The maximum absolute atomic E-state index is 11.5. The predicted molar refractivity (Wildman–Crippen MR) is 74.0 cm³/mol. The first-order valence-electron chi connectivity index (χ1n) is 6.16. The summed E-state index contributed by atoms with van der Waals surface area (Å²) in [5, 5.41) is 16.3. The van der Waals surface area contributed by atoms with Gasteiger partial charge in [0.2, 0.25) is 0 Å². The lowest BCUT2D eigenvalue weighted by atomic mass is 9.93. The number of aliphatic hydroxyl groups is 1. The van der Waals surface area contributed by atoms with Crippen molar-refractivity contribution >= 4 is 27.9 Å². The highest BCUT2D eigenvalue weighted by Crippen LogP contribution is 2.31. The average molecular weight is 269 g/mol. The van der Waals surface area contributed by atoms with Crippen LogP contribution in [0.5, 0.6) is 0 Å². The van der Waals surface area contributed by atoms with E-state index in [4.69, 9.17) is 5.73 Å². The second-order valence-electron chi connectivity index (χ2n) is 4.62. The minimum atomic E-state index is -0.155. The summed E-state index contributed by atoms with van der Waals surface area (Å²) in [6.07, 6.45) is 3.42. The van der Waals surface area contributed by atoms with E-state index < -0.39 is 0 Å². The molecular formula is C12H19N3O2S. The van der Waals surface area contributed by atoms with Crippen molar-refractivity contribution in [1.82, 2.24) is 5.32 Å². The molecule has 1 saturated carbocycles. The van der Waals surface area contributed by atoms with Crippen molar-refractivity contribution in [3.8, 4) is 0 Å². The fraction of sp³-hybridized carbons (Fsp3) is 0.583. The van der Waals surface area contributed by atoms with Crippen molar-refractivity contribution < 1.29 is 9.90 Å². The number of nitrogen functional groups attached to an aromatic ring is 1. The third-order valence-electron chi connectivity index (χ3n) is 3.24. The lowest BCUT2D eigenvalue weighted by molar-refractivity contribution is 0.0968. The number of thiophene rings is 1. The molecule has 0 spiro atoms. The Morgan fingerprint density at radius 2 is 2.11 bits per heavy atom. The Bertz CT molecular complexity index is 425. The number of nitrogens with one attached hydrogen (secondary N) is 2. The number of rotatable bonds is 3. The molecule has 1 aliphatic rings. The van der Waals surface area contributed by atoms with E-state index in [1.165, 1.54) is 11.3 Å². The molecule has 0 aliphatic heterocycles. The molecule has 0 saturated heterocycles. The lowest BCUT2D eigenvalue weighted by Gasteiger charge is -2.26. The molecule has 5 nitrogen and oxygen atoms in total. The first-order valence-corrected chi connectivity index (χ1v) is 6.97. The van der Waals surface area contributed by atoms with Crippen LogP contribution in [0.3, 0.4) is 0 Å². The largest absolute Gasteiger partial charge is 0.397 e. The van der Waals surface area contributed by atoms with Crippen LogP contribution >= 0.6 is 11.3 Å². The van der Waals surface area contributed by atoms with E-state index in [-0.39, 0.29) is 12.0 Å². The van der Waals surface area contributed by atoms with Gasteiger partial charge in [-0.15, -0.1) is 11.3 Å². The van der Waals surface area contributed by atoms with Crippen LogP contribution in [0, 0.1) is 0 Å². The van der Waals surface area contributed by atoms with Crippen LogP contribution in [0.4, 0.5) is 10.7 Å². The second kappa shape index (κ2) is 5.58. The molecule has 100 valence electrons. The van der Waals surface area contributed by atoms with Gasteiger partial charge in [0, 0.05) is 13.1 Å². The fourth-order valence-electron chi connectivity index (χ4n) is 2.19. The highest BCUT2D eigenvalue weighted by atomic mass is 32.1. The summed E-state index contributed by atoms with van der Waals surface area (Å²) in [6, 6.07) is 2.17. The summed E-state index contributed by atoms with van der Waals surface area (Å²) in [5.41, 5.74) is 6.33. The molecule has 5 N–H and O–H groups in total. The van der Waals surface area contributed by atoms with Gasteiger partial charge in [0.05, 0.1) is 16.8 Å². The second-order valence-corrected chi connectivity index (χ2v) is 5.68. The summed E-state index contributed by atoms with van der Waals surface area (Å²) in [5.74, 6) is -0.149. The van der Waals surface area contributed by atoms with Gasteiger partial charge in [-0.2, -0.15) is 0 Å². The van der Waals surface area contributed by atoms with E-state index in [2.05, 4.69) is 10.6 Å². The van der Waals surface area contributed by atoms with E-state index in [0.29, 0.717) is 16.6 Å². The van der Waals surface area contributed by atoms with E-state index in [1.807, 2.05) is 0 Å². The van der Waals surface area contributed by atoms with Gasteiger partial charge in [-0.25, -0.2) is 0 Å². The number of aliphatic hydroxyl groups excluding tert-OH is 1. The molecule has 1 heterocycles. The van der Waals surface area contributed by atoms with Crippen LogP contribution in [-0.2, 0) is 0 Å². The summed E-state index contributed by atoms with van der Waals surface area (Å²) in [4.78, 5) is 12.1. The summed E-state index contributed by atoms with van der Waals surface area (Å²) in [7, 11) is 1.59. The molecule has 0 atom stereocenters. The number of amides is 1. The Kier molecular flexibility index (Phi) is 4.08. The van der Waals surface area contributed by atoms with Crippen molar-refractivity contribution in [2.24, 2.45) is 0 Å². The third kappa shape index (κ3) is 2.94. The number of carbonyl (C=O) groups excluding carboxylic acids is 1. The minimum Gasteiger partial charge on any atom is -0.397 e. The minimum absolute atomic E-state index is 0.149. The summed E-state index contributed by atoms with van der Waals surface area (Å²) in [6.45, 7) is 0. The van der Waals surface area contributed by atoms with Crippen molar-refractivity contribution in [1.29, 1.82) is 0 Å². The third-order valence-corrected chi connectivity index (χ3v) is 4.32. The van der Waals surface area contributed by atoms with Crippen LogP contribution < -0.4 is 16.4 Å². The molecule has 1 aromatic heterocycles. The number of hydrogen-bond acceptors (Lipinski definition) is 5. The highest BCUT2D eigenvalue weighted by molar-refractivity contribution is 7.18. The molecular weight excluding hydrogens is 250 g/mol. The van der Waals surface area contributed by atoms with Crippen molar-refractivity contribution in [2.45, 2.75) is 37.8 Å². The number of anilines is 2. The Morgan fingerprint density at radius 1 is 1.44 bits per heavy atom. The van der Waals surface area contributed by atoms with Crippen LogP contribution in [0.15, 0.2) is 6.07 Å². The Hall–Kier alpha value is -1.27. The normalized spacial score (nSPS) is 23.7. The summed E-state index contributed by atoms with van der Waals surface area (Å²) < 4.78 is 0. The summed E-state index contributed by atoms with van der Waals surface area (Å²) >= 11 is 1.38. The maximum atomic E-state index is 11.5. The molecule has 0 radical (unpaired) electrons. The van der Waals surface area contributed by atoms with Gasteiger partial charge >= 0.3 is 0 Å². The van der Waals surface area contributed by atoms with Gasteiger partial charge in [0.1, 0.15) is 4.88 Å². The van der Waals surface area contributed by atoms with Crippen molar-refractivity contribution in [2.75, 3.05) is 18.1 Å². The number of nitrogens with two attached hydrogens (primary N) is 1. The van der Waals surface area contributed by atoms with Gasteiger partial charge in [-0.1, -0.05) is 0 Å². The quantitative estimate of drug-likeness (QED) is 0.668. The highest BCUT2D eigenvalue weighted by Gasteiger charge is 2.20. The molecule has 0 aromatic carbocycles. The molecule has 1 aromatic rings. The molecule has 0 unspecified atom stereocenters. The average Bonchev–Trinajstić information content (AvgIpc) is 2.72. The molecule has 2 rings (SSSR count). The van der Waals surface area contributed by atoms with E-state index in [1.54, 1.807) is 13.1 Å². The smallest absolute Gasteiger partial charge is 0.263 e. The lowest BCUT2D eigenvalue weighted by Crippen LogP contribution is -2.27. The van der Waals surface area contributed by atoms with Gasteiger partial charge in [-0.3, -0.25) is 4.79 Å². The first kappa shape index (κ1) is 13.2. The molecule has 18 heavy (non-hydrogen) atoms. The number of hydrogen-bond donors (Lipinski definition) is 4. The Morgan fingerprint density at radius 3 is 2.72 bits per heavy atom. The van der Waals surface area contributed by atoms with Crippen molar-refractivity contribution in [3.63, 3.8) is 0 Å². The fourth-order valence-corrected chi connectivity index (χ4v) is 3.19. The maximum Gasteiger partial charge on any atom is 0.263 e. The van der Waals surface area contributed by atoms with Gasteiger partial charge in [0.15, 0.2) is 0 Å². The van der Waals surface area contributed by atoms with Gasteiger partial charge in [0.25, 0.3) is 5.91 Å². The standard InChI is InChI=1S/C12H19N3O2S/c1-14-12(17)11-9(13)6-10(18-11)15-7-2-4-8(16)5-3-7/h6-8,15-16H,2-5,13H2,1H3,(H,14,17). The monoisotopic (exact) mass is 269 g/mol. The van der Waals surface area contributed by atoms with Crippen LogP contribution in [0.1, 0.15) is 35.4 Å². The molecule has 0 bridgehead atoms. The topological polar surface area (TPSA) is 87.4 Å². The van der Waals surface area contributed by atoms with E-state index in [9.17, 15) is 9.90 Å². The van der Waals surface area contributed by atoms with Crippen LogP contribution in [0.2, 0.25) is 0 Å². The predicted octanol–water partition coefficient (Wildman–Crippen LogP) is 1.41. The van der Waals surface area contributed by atoms with E-state index >= 15 is 0 Å². The van der Waals surface area contributed by atoms with Gasteiger partial charge < -0.3 is 21.5 Å². The zero-order chi connectivity index (χ0) is 13.1. The molecule has 1 amide bonds. The molecule has 1 aliphatic carbocycles. The Balaban J connectivity index is 2.00. The molecule has 6 heteroatoms. The number of carbonyl (C=O) groups is 1. The Labute approximate surface area is 110 Å². The van der Waals surface area contributed by atoms with Crippen LogP contribution in [0.25, 0.3) is 0 Å². The molecule has 1 fully saturated rings. The zero-order valence-electron chi connectivity index (χ0n) is 10.4. The van der Waals surface area contributed by atoms with Crippen LogP contribution in [-0.4, -0.2) is 30.2 Å². The first-order chi connectivity index (χ1) is 8.60. The zero-order valence-corrected chi connectivity index (χ0v) is 11.2. The van der Waals surface area contributed by atoms with Crippen molar-refractivity contribution in [3.05, 3.63) is 10.9 Å². The van der Waals surface area contributed by atoms with Gasteiger partial charge in [-0.05, 0) is 31.7 Å².